The van der Waals surface area contributed by atoms with Crippen LogP contribution in [0.4, 0.5) is 4.79 Å². The fourth-order valence-corrected chi connectivity index (χ4v) is 3.06. The van der Waals surface area contributed by atoms with E-state index < -0.39 is 24.0 Å². The van der Waals surface area contributed by atoms with Gasteiger partial charge in [0.15, 0.2) is 0 Å². The molecule has 0 spiro atoms. The zero-order valence-electron chi connectivity index (χ0n) is 14.0. The molecule has 3 atom stereocenters. The Kier molecular flexibility index (Phi) is 5.14. The van der Waals surface area contributed by atoms with Crippen molar-refractivity contribution in [1.29, 1.82) is 0 Å². The topological polar surface area (TPSA) is 66.8 Å². The van der Waals surface area contributed by atoms with Crippen LogP contribution in [-0.2, 0) is 16.0 Å². The van der Waals surface area contributed by atoms with Crippen molar-refractivity contribution in [2.45, 2.75) is 25.5 Å². The van der Waals surface area contributed by atoms with Crippen LogP contribution < -0.4 is 0 Å². The molecule has 1 heterocycles. The highest BCUT2D eigenvalue weighted by Crippen LogP contribution is 2.27. The van der Waals surface area contributed by atoms with Gasteiger partial charge in [0.1, 0.15) is 6.61 Å². The molecule has 2 amide bonds. The molecule has 5 nitrogen and oxygen atoms in total. The number of aliphatic hydroxyl groups excluding tert-OH is 1. The molecule has 1 saturated heterocycles. The monoisotopic (exact) mass is 339 g/mol. The third-order valence-electron chi connectivity index (χ3n) is 4.52. The van der Waals surface area contributed by atoms with Crippen molar-refractivity contribution in [3.05, 3.63) is 71.8 Å². The summed E-state index contributed by atoms with van der Waals surface area (Å²) in [5.74, 6) is -1.16. The van der Waals surface area contributed by atoms with E-state index in [4.69, 9.17) is 4.74 Å². The predicted molar refractivity (Wildman–Crippen MR) is 92.7 cm³/mol. The lowest BCUT2D eigenvalue weighted by molar-refractivity contribution is -0.136. The van der Waals surface area contributed by atoms with Crippen LogP contribution in [0.1, 0.15) is 24.2 Å². The number of imide groups is 1. The number of cyclic esters (lactones) is 1. The lowest BCUT2D eigenvalue weighted by Gasteiger charge is -2.25. The normalized spacial score (nSPS) is 19.4. The molecular weight excluding hydrogens is 318 g/mol. The molecule has 0 unspecified atom stereocenters. The number of carbonyl (C=O) groups excluding carboxylic acids is 2. The van der Waals surface area contributed by atoms with E-state index in [1.54, 1.807) is 31.2 Å². The summed E-state index contributed by atoms with van der Waals surface area (Å²) < 4.78 is 5.09. The highest BCUT2D eigenvalue weighted by atomic mass is 16.6. The van der Waals surface area contributed by atoms with Gasteiger partial charge < -0.3 is 9.84 Å². The minimum atomic E-state index is -0.973. The first-order valence-corrected chi connectivity index (χ1v) is 8.34. The van der Waals surface area contributed by atoms with Crippen LogP contribution in [0.3, 0.4) is 0 Å². The summed E-state index contributed by atoms with van der Waals surface area (Å²) >= 11 is 0. The Bertz CT molecular complexity index is 732. The van der Waals surface area contributed by atoms with Gasteiger partial charge >= 0.3 is 6.09 Å². The second kappa shape index (κ2) is 7.49. The van der Waals surface area contributed by atoms with E-state index in [2.05, 4.69) is 0 Å². The summed E-state index contributed by atoms with van der Waals surface area (Å²) in [5.41, 5.74) is 1.68. The van der Waals surface area contributed by atoms with Gasteiger partial charge in [0, 0.05) is 0 Å². The maximum Gasteiger partial charge on any atom is 0.416 e. The number of ether oxygens (including phenoxy) is 1. The fraction of sp³-hybridized carbons (Fsp3) is 0.300. The highest BCUT2D eigenvalue weighted by molar-refractivity contribution is 5.95. The van der Waals surface area contributed by atoms with E-state index >= 15 is 0 Å². The maximum absolute atomic E-state index is 12.8. The van der Waals surface area contributed by atoms with Crippen LogP contribution in [0.2, 0.25) is 0 Å². The molecule has 0 aliphatic carbocycles. The molecule has 1 N–H and O–H groups in total. The van der Waals surface area contributed by atoms with Crippen LogP contribution in [0.25, 0.3) is 0 Å². The van der Waals surface area contributed by atoms with Gasteiger partial charge in [-0.2, -0.15) is 0 Å². The first-order chi connectivity index (χ1) is 12.1. The average Bonchev–Trinajstić information content (AvgIpc) is 3.01. The lowest BCUT2D eigenvalue weighted by Crippen LogP contribution is -2.44. The molecule has 0 aromatic heterocycles. The minimum Gasteiger partial charge on any atom is -0.447 e. The van der Waals surface area contributed by atoms with Crippen molar-refractivity contribution in [2.24, 2.45) is 5.92 Å². The fourth-order valence-electron chi connectivity index (χ4n) is 3.06. The smallest absolute Gasteiger partial charge is 0.416 e. The summed E-state index contributed by atoms with van der Waals surface area (Å²) in [5, 5.41) is 10.5. The van der Waals surface area contributed by atoms with Gasteiger partial charge in [-0.05, 0) is 17.5 Å². The van der Waals surface area contributed by atoms with Gasteiger partial charge in [-0.1, -0.05) is 67.6 Å². The van der Waals surface area contributed by atoms with Gasteiger partial charge in [0.25, 0.3) is 0 Å². The second-order valence-electron chi connectivity index (χ2n) is 6.27. The largest absolute Gasteiger partial charge is 0.447 e. The van der Waals surface area contributed by atoms with Crippen LogP contribution in [0.5, 0.6) is 0 Å². The van der Waals surface area contributed by atoms with Crippen molar-refractivity contribution in [1.82, 2.24) is 4.90 Å². The van der Waals surface area contributed by atoms with E-state index in [9.17, 15) is 14.7 Å². The second-order valence-corrected chi connectivity index (χ2v) is 6.27. The molecule has 25 heavy (non-hydrogen) atoms. The number of hydrogen-bond donors (Lipinski definition) is 1. The van der Waals surface area contributed by atoms with Crippen LogP contribution >= 0.6 is 0 Å². The number of rotatable bonds is 5. The molecule has 2 aromatic rings. The summed E-state index contributed by atoms with van der Waals surface area (Å²) in [4.78, 5) is 26.1. The van der Waals surface area contributed by atoms with Crippen molar-refractivity contribution < 1.29 is 19.4 Å². The Morgan fingerprint density at radius 3 is 2.40 bits per heavy atom. The molecule has 0 saturated carbocycles. The Labute approximate surface area is 146 Å². The van der Waals surface area contributed by atoms with Gasteiger partial charge in [0.05, 0.1) is 18.1 Å². The van der Waals surface area contributed by atoms with E-state index in [1.807, 2.05) is 36.4 Å². The van der Waals surface area contributed by atoms with Crippen LogP contribution in [0, 0.1) is 5.92 Å². The van der Waals surface area contributed by atoms with Crippen molar-refractivity contribution in [3.8, 4) is 0 Å². The van der Waals surface area contributed by atoms with Gasteiger partial charge in [-0.25, -0.2) is 9.69 Å². The average molecular weight is 339 g/mol. The molecule has 5 heteroatoms. The molecule has 1 aliphatic rings. The Balaban J connectivity index is 1.75. The molecule has 130 valence electrons. The quantitative estimate of drug-likeness (QED) is 0.909. The van der Waals surface area contributed by atoms with E-state index in [0.717, 1.165) is 10.5 Å². The summed E-state index contributed by atoms with van der Waals surface area (Å²) in [6.07, 6.45) is -1.08. The number of amides is 2. The molecule has 0 radical (unpaired) electrons. The standard InChI is InChI=1S/C20H21NO4/c1-14(18(22)16-10-6-3-7-11-16)19(23)21-17(13-25-20(21)24)12-15-8-4-2-5-9-15/h2-11,14,17-18,22H,12-13H2,1H3/t14-,17-,18+/m0/s1. The molecule has 0 bridgehead atoms. The lowest BCUT2D eigenvalue weighted by atomic mass is 9.95. The summed E-state index contributed by atoms with van der Waals surface area (Å²) in [7, 11) is 0. The highest BCUT2D eigenvalue weighted by Gasteiger charge is 2.41. The first-order valence-electron chi connectivity index (χ1n) is 8.34. The van der Waals surface area contributed by atoms with Gasteiger partial charge in [-0.15, -0.1) is 0 Å². The van der Waals surface area contributed by atoms with Gasteiger partial charge in [0.2, 0.25) is 5.91 Å². The SMILES string of the molecule is C[C@H](C(=O)N1C(=O)OC[C@@H]1Cc1ccccc1)[C@@H](O)c1ccccc1. The molecule has 2 aromatic carbocycles. The zero-order valence-corrected chi connectivity index (χ0v) is 14.0. The third-order valence-corrected chi connectivity index (χ3v) is 4.52. The summed E-state index contributed by atoms with van der Waals surface area (Å²) in [6.45, 7) is 1.80. The van der Waals surface area contributed by atoms with Gasteiger partial charge in [-0.3, -0.25) is 4.79 Å². The number of nitrogens with zero attached hydrogens (tertiary/aromatic N) is 1. The van der Waals surface area contributed by atoms with Crippen molar-refractivity contribution in [2.75, 3.05) is 6.61 Å². The zero-order chi connectivity index (χ0) is 17.8. The number of carbonyl (C=O) groups is 2. The van der Waals surface area contributed by atoms with Crippen molar-refractivity contribution >= 4 is 12.0 Å². The Morgan fingerprint density at radius 2 is 1.76 bits per heavy atom. The summed E-state index contributed by atoms with van der Waals surface area (Å²) in [6, 6.07) is 18.3. The minimum absolute atomic E-state index is 0.174. The van der Waals surface area contributed by atoms with Crippen LogP contribution in [0.15, 0.2) is 60.7 Å². The van der Waals surface area contributed by atoms with Crippen molar-refractivity contribution in [3.63, 3.8) is 0 Å². The van der Waals surface area contributed by atoms with E-state index in [1.165, 1.54) is 0 Å². The third kappa shape index (κ3) is 3.72. The molecular formula is C20H21NO4. The first kappa shape index (κ1) is 17.2. The van der Waals surface area contributed by atoms with Crippen LogP contribution in [-0.4, -0.2) is 34.7 Å². The maximum atomic E-state index is 12.8. The Morgan fingerprint density at radius 1 is 1.16 bits per heavy atom. The van der Waals surface area contributed by atoms with E-state index in [-0.39, 0.29) is 12.6 Å². The van der Waals surface area contributed by atoms with E-state index in [0.29, 0.717) is 12.0 Å². The molecule has 1 aliphatic heterocycles. The number of benzene rings is 2. The number of aliphatic hydroxyl groups is 1. The number of hydrogen-bond acceptors (Lipinski definition) is 4. The Hall–Kier alpha value is -2.66. The molecule has 1 fully saturated rings. The molecule has 3 rings (SSSR count). The predicted octanol–water partition coefficient (Wildman–Crippen LogP) is 2.95.